The van der Waals surface area contributed by atoms with Crippen LogP contribution in [0.3, 0.4) is 0 Å². The third-order valence-corrected chi connectivity index (χ3v) is 4.18. The van der Waals surface area contributed by atoms with Crippen LogP contribution < -0.4 is 11.3 Å². The monoisotopic (exact) mass is 269 g/mol. The van der Waals surface area contributed by atoms with E-state index in [-0.39, 0.29) is 5.91 Å². The number of rotatable bonds is 8. The van der Waals surface area contributed by atoms with Crippen LogP contribution in [-0.4, -0.2) is 30.4 Å². The quantitative estimate of drug-likeness (QED) is 0.308. The number of hydrogen-bond donors (Lipinski definition) is 2. The average Bonchev–Trinajstić information content (AvgIpc) is 2.64. The molecule has 1 fully saturated rings. The molecule has 1 heterocycles. The molecule has 0 aromatic rings. The second-order valence-corrected chi connectivity index (χ2v) is 5.81. The third kappa shape index (κ3) is 7.53. The van der Waals surface area contributed by atoms with Crippen LogP contribution >= 0.6 is 0 Å². The fourth-order valence-electron chi connectivity index (χ4n) is 3.02. The predicted molar refractivity (Wildman–Crippen MR) is 79.5 cm³/mol. The van der Waals surface area contributed by atoms with Gasteiger partial charge in [0.15, 0.2) is 0 Å². The van der Waals surface area contributed by atoms with Crippen LogP contribution in [0.25, 0.3) is 0 Å². The van der Waals surface area contributed by atoms with Crippen LogP contribution in [0.4, 0.5) is 0 Å². The van der Waals surface area contributed by atoms with E-state index in [0.29, 0.717) is 6.42 Å². The van der Waals surface area contributed by atoms with Crippen LogP contribution in [0.1, 0.15) is 64.7 Å². The Morgan fingerprint density at radius 1 is 1.26 bits per heavy atom. The summed E-state index contributed by atoms with van der Waals surface area (Å²) in [6.45, 7) is 6.03. The molecule has 19 heavy (non-hydrogen) atoms. The van der Waals surface area contributed by atoms with Gasteiger partial charge in [0, 0.05) is 6.42 Å². The van der Waals surface area contributed by atoms with Crippen molar-refractivity contribution in [2.24, 2.45) is 11.8 Å². The zero-order valence-electron chi connectivity index (χ0n) is 12.5. The number of likely N-dealkylation sites (tertiary alicyclic amines) is 1. The van der Waals surface area contributed by atoms with Gasteiger partial charge in [-0.3, -0.25) is 10.2 Å². The molecule has 1 rings (SSSR count). The van der Waals surface area contributed by atoms with Gasteiger partial charge in [0.1, 0.15) is 0 Å². The van der Waals surface area contributed by atoms with E-state index in [2.05, 4.69) is 17.2 Å². The highest BCUT2D eigenvalue weighted by molar-refractivity contribution is 5.74. The molecule has 112 valence electrons. The number of unbranched alkanes of at least 4 members (excludes halogenated alkanes) is 2. The van der Waals surface area contributed by atoms with E-state index in [1.807, 2.05) is 0 Å². The highest BCUT2D eigenvalue weighted by Gasteiger charge is 2.15. The Labute approximate surface area is 118 Å². The molecule has 4 nitrogen and oxygen atoms in total. The van der Waals surface area contributed by atoms with Crippen LogP contribution in [0.15, 0.2) is 0 Å². The first-order valence-electron chi connectivity index (χ1n) is 7.98. The fourth-order valence-corrected chi connectivity index (χ4v) is 3.02. The smallest absolute Gasteiger partial charge is 0.233 e. The Hall–Kier alpha value is -0.610. The second-order valence-electron chi connectivity index (χ2n) is 5.81. The largest absolute Gasteiger partial charge is 0.303 e. The third-order valence-electron chi connectivity index (χ3n) is 4.18. The Bertz CT molecular complexity index is 246. The molecule has 1 saturated heterocycles. The van der Waals surface area contributed by atoms with E-state index in [0.717, 1.165) is 18.8 Å². The van der Waals surface area contributed by atoms with Gasteiger partial charge >= 0.3 is 0 Å². The molecule has 1 aliphatic rings. The fraction of sp³-hybridized carbons (Fsp3) is 0.933. The molecule has 1 amide bonds. The minimum Gasteiger partial charge on any atom is -0.303 e. The number of nitrogens with one attached hydrogen (secondary N) is 1. The Kier molecular flexibility index (Phi) is 8.84. The maximum Gasteiger partial charge on any atom is 0.233 e. The molecule has 1 atom stereocenters. The minimum absolute atomic E-state index is 0.0443. The number of carbonyl (C=O) groups is 1. The molecule has 0 aromatic heterocycles. The van der Waals surface area contributed by atoms with E-state index >= 15 is 0 Å². The Morgan fingerprint density at radius 2 is 2.11 bits per heavy atom. The van der Waals surface area contributed by atoms with Crippen molar-refractivity contribution in [3.63, 3.8) is 0 Å². The normalized spacial score (nSPS) is 21.1. The van der Waals surface area contributed by atoms with Crippen LogP contribution in [0.2, 0.25) is 0 Å². The summed E-state index contributed by atoms with van der Waals surface area (Å²) in [6.07, 6.45) is 10.7. The standard InChI is InChI=1S/C15H31N3O/c1-2-7-14-8-6-12-18(13-10-14)11-5-3-4-9-15(19)17-16/h14H,2-13,16H2,1H3,(H,17,19). The number of amides is 1. The summed E-state index contributed by atoms with van der Waals surface area (Å²) in [5, 5.41) is 0. The lowest BCUT2D eigenvalue weighted by atomic mass is 9.96. The van der Waals surface area contributed by atoms with Crippen LogP contribution in [0.5, 0.6) is 0 Å². The molecule has 0 saturated carbocycles. The van der Waals surface area contributed by atoms with Crippen molar-refractivity contribution in [1.82, 2.24) is 10.3 Å². The van der Waals surface area contributed by atoms with Crippen molar-refractivity contribution >= 4 is 5.91 Å². The Balaban J connectivity index is 2.05. The first-order chi connectivity index (χ1) is 9.26. The van der Waals surface area contributed by atoms with Gasteiger partial charge in [0.25, 0.3) is 0 Å². The summed E-state index contributed by atoms with van der Waals surface area (Å²) >= 11 is 0. The molecule has 0 aromatic carbocycles. The van der Waals surface area contributed by atoms with Crippen LogP contribution in [-0.2, 0) is 4.79 Å². The number of hydrazine groups is 1. The predicted octanol–water partition coefficient (Wildman–Crippen LogP) is 2.44. The maximum atomic E-state index is 11.0. The summed E-state index contributed by atoms with van der Waals surface area (Å²) in [7, 11) is 0. The lowest BCUT2D eigenvalue weighted by Crippen LogP contribution is -2.29. The average molecular weight is 269 g/mol. The SMILES string of the molecule is CCCC1CCCN(CCCCCC(=O)NN)CC1. The van der Waals surface area contributed by atoms with Gasteiger partial charge < -0.3 is 4.90 Å². The molecule has 1 aliphatic heterocycles. The zero-order chi connectivity index (χ0) is 13.9. The van der Waals surface area contributed by atoms with Crippen molar-refractivity contribution in [1.29, 1.82) is 0 Å². The molecule has 1 unspecified atom stereocenters. The number of carbonyl (C=O) groups excluding carboxylic acids is 1. The highest BCUT2D eigenvalue weighted by atomic mass is 16.2. The summed E-state index contributed by atoms with van der Waals surface area (Å²) in [4.78, 5) is 13.6. The van der Waals surface area contributed by atoms with Gasteiger partial charge in [-0.1, -0.05) is 26.2 Å². The van der Waals surface area contributed by atoms with Crippen molar-refractivity contribution in [2.45, 2.75) is 64.7 Å². The van der Waals surface area contributed by atoms with E-state index in [9.17, 15) is 4.79 Å². The van der Waals surface area contributed by atoms with E-state index in [1.54, 1.807) is 0 Å². The number of nitrogens with two attached hydrogens (primary N) is 1. The molecular weight excluding hydrogens is 238 g/mol. The van der Waals surface area contributed by atoms with Gasteiger partial charge in [0.05, 0.1) is 0 Å². The Morgan fingerprint density at radius 3 is 2.84 bits per heavy atom. The number of nitrogens with zero attached hydrogens (tertiary/aromatic N) is 1. The molecule has 3 N–H and O–H groups in total. The van der Waals surface area contributed by atoms with E-state index < -0.39 is 0 Å². The lowest BCUT2D eigenvalue weighted by molar-refractivity contribution is -0.121. The first kappa shape index (κ1) is 16.4. The number of hydrogen-bond acceptors (Lipinski definition) is 3. The van der Waals surface area contributed by atoms with Crippen molar-refractivity contribution in [3.05, 3.63) is 0 Å². The second kappa shape index (κ2) is 10.2. The summed E-state index contributed by atoms with van der Waals surface area (Å²) in [5.41, 5.74) is 2.18. The van der Waals surface area contributed by atoms with Crippen molar-refractivity contribution in [3.8, 4) is 0 Å². The lowest BCUT2D eigenvalue weighted by Gasteiger charge is -2.20. The molecule has 0 bridgehead atoms. The molecule has 0 radical (unpaired) electrons. The van der Waals surface area contributed by atoms with Gasteiger partial charge in [-0.15, -0.1) is 0 Å². The van der Waals surface area contributed by atoms with Crippen molar-refractivity contribution in [2.75, 3.05) is 19.6 Å². The van der Waals surface area contributed by atoms with E-state index in [1.165, 1.54) is 58.2 Å². The summed E-state index contributed by atoms with van der Waals surface area (Å²) < 4.78 is 0. The topological polar surface area (TPSA) is 58.4 Å². The van der Waals surface area contributed by atoms with Gasteiger partial charge in [-0.05, 0) is 57.7 Å². The molecule has 0 spiro atoms. The van der Waals surface area contributed by atoms with Gasteiger partial charge in [-0.25, -0.2) is 5.84 Å². The van der Waals surface area contributed by atoms with Crippen LogP contribution in [0, 0.1) is 5.92 Å². The van der Waals surface area contributed by atoms with Gasteiger partial charge in [-0.2, -0.15) is 0 Å². The maximum absolute atomic E-state index is 11.0. The summed E-state index contributed by atoms with van der Waals surface area (Å²) in [6, 6.07) is 0. The van der Waals surface area contributed by atoms with Crippen molar-refractivity contribution < 1.29 is 4.79 Å². The minimum atomic E-state index is -0.0443. The summed E-state index contributed by atoms with van der Waals surface area (Å²) in [5.74, 6) is 5.97. The molecular formula is C15H31N3O. The zero-order valence-corrected chi connectivity index (χ0v) is 12.5. The molecule has 0 aliphatic carbocycles. The van der Waals surface area contributed by atoms with Gasteiger partial charge in [0.2, 0.25) is 5.91 Å². The molecule has 4 heteroatoms. The van der Waals surface area contributed by atoms with E-state index in [4.69, 9.17) is 5.84 Å². The highest BCUT2D eigenvalue weighted by Crippen LogP contribution is 2.22. The first-order valence-corrected chi connectivity index (χ1v) is 7.98.